The highest BCUT2D eigenvalue weighted by Gasteiger charge is 2.21. The van der Waals surface area contributed by atoms with Gasteiger partial charge in [0.2, 0.25) is 5.91 Å². The van der Waals surface area contributed by atoms with Gasteiger partial charge >= 0.3 is 0 Å². The van der Waals surface area contributed by atoms with Crippen molar-refractivity contribution in [1.29, 1.82) is 0 Å². The number of aromatic nitrogens is 2. The van der Waals surface area contributed by atoms with E-state index in [2.05, 4.69) is 4.98 Å². The van der Waals surface area contributed by atoms with Gasteiger partial charge in [0.15, 0.2) is 5.03 Å². The number of imidazole rings is 1. The fourth-order valence-electron chi connectivity index (χ4n) is 1.55. The van der Waals surface area contributed by atoms with Gasteiger partial charge in [-0.1, -0.05) is 13.8 Å². The Kier molecular flexibility index (Phi) is 4.98. The van der Waals surface area contributed by atoms with Crippen LogP contribution in [-0.4, -0.2) is 42.4 Å². The topological polar surface area (TPSA) is 72.3 Å². The first-order valence-corrected chi connectivity index (χ1v) is 8.23. The molecule has 1 aromatic rings. The molecule has 6 nitrogen and oxygen atoms in total. The minimum absolute atomic E-state index is 0.00750. The van der Waals surface area contributed by atoms with Crippen LogP contribution in [0, 0.1) is 0 Å². The molecule has 19 heavy (non-hydrogen) atoms. The first-order chi connectivity index (χ1) is 8.66. The van der Waals surface area contributed by atoms with Crippen LogP contribution in [-0.2, 0) is 20.4 Å². The summed E-state index contributed by atoms with van der Waals surface area (Å²) in [4.78, 5) is 17.4. The van der Waals surface area contributed by atoms with Crippen molar-refractivity contribution in [3.05, 3.63) is 12.0 Å². The van der Waals surface area contributed by atoms with E-state index >= 15 is 0 Å². The number of nitrogens with zero attached hydrogens (tertiary/aromatic N) is 3. The number of carbonyl (C=O) groups is 1. The number of rotatable bonds is 5. The molecule has 0 aromatic carbocycles. The second-order valence-corrected chi connectivity index (χ2v) is 7.08. The van der Waals surface area contributed by atoms with E-state index in [1.165, 1.54) is 10.8 Å². The molecule has 0 aliphatic rings. The zero-order valence-corrected chi connectivity index (χ0v) is 13.0. The van der Waals surface area contributed by atoms with Crippen LogP contribution >= 0.6 is 10.7 Å². The normalized spacial score (nSPS) is 11.9. The van der Waals surface area contributed by atoms with E-state index in [0.717, 1.165) is 0 Å². The van der Waals surface area contributed by atoms with Gasteiger partial charge in [-0.25, -0.2) is 13.4 Å². The summed E-state index contributed by atoms with van der Waals surface area (Å²) in [6.07, 6.45) is 1.30. The quantitative estimate of drug-likeness (QED) is 0.771. The molecule has 0 unspecified atom stereocenters. The Labute approximate surface area is 117 Å². The van der Waals surface area contributed by atoms with Crippen LogP contribution in [0.3, 0.4) is 0 Å². The Morgan fingerprint density at radius 2 is 2.11 bits per heavy atom. The van der Waals surface area contributed by atoms with E-state index in [4.69, 9.17) is 10.7 Å². The molecule has 108 valence electrons. The van der Waals surface area contributed by atoms with Gasteiger partial charge in [0.05, 0.1) is 0 Å². The number of likely N-dealkylation sites (N-methyl/N-ethyl adjacent to an activating group) is 1. The van der Waals surface area contributed by atoms with Crippen LogP contribution in [0.1, 0.15) is 32.5 Å². The Morgan fingerprint density at radius 1 is 1.53 bits per heavy atom. The molecule has 0 spiro atoms. The molecule has 1 aromatic heterocycles. The molecule has 0 atom stereocenters. The molecule has 0 aliphatic heterocycles. The van der Waals surface area contributed by atoms with Gasteiger partial charge in [-0.05, 0) is 6.92 Å². The van der Waals surface area contributed by atoms with Crippen molar-refractivity contribution in [2.75, 3.05) is 13.6 Å². The largest absolute Gasteiger partial charge is 0.344 e. The standard InChI is InChI=1S/C11H18ClN3O3S/c1-5-14(4)10(16)7-15-6-9(19(12,17)18)13-11(15)8(2)3/h6,8H,5,7H2,1-4H3. The summed E-state index contributed by atoms with van der Waals surface area (Å²) in [5.74, 6) is 0.407. The third-order valence-electron chi connectivity index (χ3n) is 2.76. The highest BCUT2D eigenvalue weighted by atomic mass is 35.7. The fourth-order valence-corrected chi connectivity index (χ4v) is 2.23. The third-order valence-corrected chi connectivity index (χ3v) is 3.93. The smallest absolute Gasteiger partial charge is 0.280 e. The molecular weight excluding hydrogens is 290 g/mol. The molecule has 0 fully saturated rings. The number of hydrogen-bond acceptors (Lipinski definition) is 4. The van der Waals surface area contributed by atoms with E-state index in [1.807, 2.05) is 20.8 Å². The molecular formula is C11H18ClN3O3S. The Balaban J connectivity index is 3.13. The van der Waals surface area contributed by atoms with Crippen molar-refractivity contribution < 1.29 is 13.2 Å². The second kappa shape index (κ2) is 5.92. The summed E-state index contributed by atoms with van der Waals surface area (Å²) in [6, 6.07) is 0. The van der Waals surface area contributed by atoms with E-state index in [-0.39, 0.29) is 23.4 Å². The van der Waals surface area contributed by atoms with Gasteiger partial charge in [-0.3, -0.25) is 4.79 Å². The molecule has 0 saturated heterocycles. The zero-order chi connectivity index (χ0) is 14.8. The molecule has 0 bridgehead atoms. The molecule has 0 saturated carbocycles. The fraction of sp³-hybridized carbons (Fsp3) is 0.636. The maximum Gasteiger partial charge on any atom is 0.280 e. The zero-order valence-electron chi connectivity index (χ0n) is 11.4. The lowest BCUT2D eigenvalue weighted by molar-refractivity contribution is -0.130. The molecule has 1 rings (SSSR count). The van der Waals surface area contributed by atoms with Crippen molar-refractivity contribution in [1.82, 2.24) is 14.5 Å². The monoisotopic (exact) mass is 307 g/mol. The lowest BCUT2D eigenvalue weighted by atomic mass is 10.2. The average molecular weight is 308 g/mol. The number of amides is 1. The van der Waals surface area contributed by atoms with Gasteiger partial charge in [-0.15, -0.1) is 0 Å². The van der Waals surface area contributed by atoms with E-state index in [9.17, 15) is 13.2 Å². The van der Waals surface area contributed by atoms with Crippen molar-refractivity contribution in [3.63, 3.8) is 0 Å². The van der Waals surface area contributed by atoms with Gasteiger partial charge < -0.3 is 9.47 Å². The van der Waals surface area contributed by atoms with E-state index in [1.54, 1.807) is 11.9 Å². The molecule has 0 N–H and O–H groups in total. The molecule has 1 amide bonds. The van der Waals surface area contributed by atoms with Crippen molar-refractivity contribution in [2.24, 2.45) is 0 Å². The molecule has 1 heterocycles. The summed E-state index contributed by atoms with van der Waals surface area (Å²) < 4.78 is 24.1. The number of carbonyl (C=O) groups excluding carboxylic acids is 1. The number of halogens is 1. The van der Waals surface area contributed by atoms with Crippen LogP contribution in [0.25, 0.3) is 0 Å². The lowest BCUT2D eigenvalue weighted by Gasteiger charge is -2.16. The van der Waals surface area contributed by atoms with Gasteiger partial charge in [-0.2, -0.15) is 0 Å². The second-order valence-electron chi connectivity index (χ2n) is 4.57. The minimum atomic E-state index is -3.88. The minimum Gasteiger partial charge on any atom is -0.344 e. The van der Waals surface area contributed by atoms with Crippen LogP contribution in [0.15, 0.2) is 11.2 Å². The molecule has 8 heteroatoms. The van der Waals surface area contributed by atoms with Crippen LogP contribution in [0.2, 0.25) is 0 Å². The van der Waals surface area contributed by atoms with Crippen LogP contribution in [0.4, 0.5) is 0 Å². The van der Waals surface area contributed by atoms with Crippen molar-refractivity contribution >= 4 is 25.6 Å². The van der Waals surface area contributed by atoms with Gasteiger partial charge in [0, 0.05) is 36.4 Å². The predicted molar refractivity (Wildman–Crippen MR) is 72.7 cm³/mol. The number of hydrogen-bond donors (Lipinski definition) is 0. The summed E-state index contributed by atoms with van der Waals surface area (Å²) in [5, 5.41) is -0.218. The first kappa shape index (κ1) is 16.0. The summed E-state index contributed by atoms with van der Waals surface area (Å²) >= 11 is 0. The summed E-state index contributed by atoms with van der Waals surface area (Å²) in [7, 11) is 3.08. The van der Waals surface area contributed by atoms with E-state index < -0.39 is 9.05 Å². The van der Waals surface area contributed by atoms with Crippen LogP contribution < -0.4 is 0 Å². The Bertz CT molecular complexity index is 566. The highest BCUT2D eigenvalue weighted by molar-refractivity contribution is 8.13. The maximum atomic E-state index is 11.9. The van der Waals surface area contributed by atoms with Crippen molar-refractivity contribution in [2.45, 2.75) is 38.3 Å². The van der Waals surface area contributed by atoms with Crippen LogP contribution in [0.5, 0.6) is 0 Å². The summed E-state index contributed by atoms with van der Waals surface area (Å²) in [6.45, 7) is 6.25. The Morgan fingerprint density at radius 3 is 2.53 bits per heavy atom. The van der Waals surface area contributed by atoms with Crippen molar-refractivity contribution in [3.8, 4) is 0 Å². The van der Waals surface area contributed by atoms with Gasteiger partial charge in [0.1, 0.15) is 12.4 Å². The third kappa shape index (κ3) is 3.94. The SMILES string of the molecule is CCN(C)C(=O)Cn1cc(S(=O)(=O)Cl)nc1C(C)C. The Hall–Kier alpha value is -1.08. The average Bonchev–Trinajstić information content (AvgIpc) is 2.71. The first-order valence-electron chi connectivity index (χ1n) is 5.92. The maximum absolute atomic E-state index is 11.9. The summed E-state index contributed by atoms with van der Waals surface area (Å²) in [5.41, 5.74) is 0. The predicted octanol–water partition coefficient (Wildman–Crippen LogP) is 1.41. The highest BCUT2D eigenvalue weighted by Crippen LogP contribution is 2.19. The molecule has 0 aliphatic carbocycles. The van der Waals surface area contributed by atoms with E-state index in [0.29, 0.717) is 12.4 Å². The lowest BCUT2D eigenvalue weighted by Crippen LogP contribution is -2.30. The molecule has 0 radical (unpaired) electrons. The van der Waals surface area contributed by atoms with Gasteiger partial charge in [0.25, 0.3) is 9.05 Å².